The topological polar surface area (TPSA) is 80.6 Å². The highest BCUT2D eigenvalue weighted by Gasteiger charge is 2.11. The fourth-order valence-electron chi connectivity index (χ4n) is 3.14. The average molecular weight is 445 g/mol. The minimum Gasteiger partial charge on any atom is -0.494 e. The normalized spacial score (nSPS) is 10.2. The molecule has 0 aromatic heterocycles. The number of para-hydroxylation sites is 2. The van der Waals surface area contributed by atoms with Crippen LogP contribution in [0.25, 0.3) is 0 Å². The van der Waals surface area contributed by atoms with Gasteiger partial charge in [0.2, 0.25) is 0 Å². The monoisotopic (exact) mass is 444 g/mol. The molecule has 3 rings (SSSR count). The van der Waals surface area contributed by atoms with Crippen LogP contribution < -0.4 is 19.5 Å². The van der Waals surface area contributed by atoms with E-state index in [9.17, 15) is 4.79 Å². The van der Waals surface area contributed by atoms with Crippen LogP contribution in [0.5, 0.6) is 23.0 Å². The lowest BCUT2D eigenvalue weighted by Crippen LogP contribution is -2.12. The summed E-state index contributed by atoms with van der Waals surface area (Å²) in [5.41, 5.74) is 1.07. The zero-order valence-electron chi connectivity index (χ0n) is 18.8. The Balaban J connectivity index is 1.61. The number of benzene rings is 3. The number of nitrogens with zero attached hydrogens (tertiary/aromatic N) is 1. The second-order valence-electron chi connectivity index (χ2n) is 7.41. The van der Waals surface area contributed by atoms with E-state index in [0.717, 1.165) is 18.6 Å². The number of nitriles is 1. The minimum atomic E-state index is -0.244. The lowest BCUT2D eigenvalue weighted by molar-refractivity contribution is 0.102. The van der Waals surface area contributed by atoms with Gasteiger partial charge in [-0.1, -0.05) is 44.4 Å². The third-order valence-corrected chi connectivity index (χ3v) is 4.86. The highest BCUT2D eigenvalue weighted by molar-refractivity contribution is 6.05. The Labute approximate surface area is 194 Å². The van der Waals surface area contributed by atoms with Crippen LogP contribution >= 0.6 is 0 Å². The van der Waals surface area contributed by atoms with Crippen LogP contribution in [0.1, 0.15) is 43.0 Å². The molecule has 3 aromatic rings. The molecular weight excluding hydrogens is 416 g/mol. The van der Waals surface area contributed by atoms with Gasteiger partial charge in [-0.3, -0.25) is 4.79 Å². The summed E-state index contributed by atoms with van der Waals surface area (Å²) in [6.07, 6.45) is 4.60. The largest absolute Gasteiger partial charge is 0.494 e. The molecule has 0 bridgehead atoms. The first kappa shape index (κ1) is 23.7. The Bertz CT molecular complexity index is 1070. The Morgan fingerprint density at radius 1 is 0.879 bits per heavy atom. The van der Waals surface area contributed by atoms with Crippen molar-refractivity contribution in [3.8, 4) is 29.1 Å². The molecule has 0 heterocycles. The summed E-state index contributed by atoms with van der Waals surface area (Å²) in [5.74, 6) is 2.07. The van der Waals surface area contributed by atoms with Crippen LogP contribution in [-0.2, 0) is 0 Å². The Hall–Kier alpha value is -3.98. The van der Waals surface area contributed by atoms with E-state index in [4.69, 9.17) is 19.5 Å². The Morgan fingerprint density at radius 2 is 1.67 bits per heavy atom. The molecule has 0 unspecified atom stereocenters. The van der Waals surface area contributed by atoms with Crippen molar-refractivity contribution < 1.29 is 19.0 Å². The predicted octanol–water partition coefficient (Wildman–Crippen LogP) is 6.59. The summed E-state index contributed by atoms with van der Waals surface area (Å²) in [6.45, 7) is 2.82. The van der Waals surface area contributed by atoms with Gasteiger partial charge in [-0.25, -0.2) is 0 Å². The molecule has 0 saturated carbocycles. The molecule has 0 aliphatic rings. The molecule has 0 spiro atoms. The van der Waals surface area contributed by atoms with E-state index in [2.05, 4.69) is 12.2 Å². The van der Waals surface area contributed by atoms with Gasteiger partial charge in [0.1, 0.15) is 23.3 Å². The van der Waals surface area contributed by atoms with Crippen molar-refractivity contribution in [1.29, 1.82) is 5.26 Å². The number of nitrogens with one attached hydrogen (secondary N) is 1. The Morgan fingerprint density at radius 3 is 2.45 bits per heavy atom. The third-order valence-electron chi connectivity index (χ3n) is 4.86. The number of carbonyl (C=O) groups is 1. The zero-order valence-corrected chi connectivity index (χ0v) is 18.8. The SMILES string of the molecule is CCCCCCOc1ccc(C(=O)Nc2ccccc2Oc2cccc(OCC#N)c2)cc1. The molecule has 0 saturated heterocycles. The smallest absolute Gasteiger partial charge is 0.255 e. The minimum absolute atomic E-state index is 0.0429. The summed E-state index contributed by atoms with van der Waals surface area (Å²) in [7, 11) is 0. The molecule has 6 nitrogen and oxygen atoms in total. The van der Waals surface area contributed by atoms with Gasteiger partial charge in [-0.15, -0.1) is 0 Å². The van der Waals surface area contributed by atoms with Crippen LogP contribution in [-0.4, -0.2) is 19.1 Å². The van der Waals surface area contributed by atoms with Crippen LogP contribution in [0.2, 0.25) is 0 Å². The van der Waals surface area contributed by atoms with Crippen molar-refractivity contribution in [2.75, 3.05) is 18.5 Å². The van der Waals surface area contributed by atoms with Crippen molar-refractivity contribution in [3.05, 3.63) is 78.4 Å². The number of amides is 1. The summed E-state index contributed by atoms with van der Waals surface area (Å²) in [5, 5.41) is 11.6. The van der Waals surface area contributed by atoms with E-state index >= 15 is 0 Å². The highest BCUT2D eigenvalue weighted by atomic mass is 16.5. The van der Waals surface area contributed by atoms with Crippen molar-refractivity contribution in [1.82, 2.24) is 0 Å². The maximum Gasteiger partial charge on any atom is 0.255 e. The summed E-state index contributed by atoms with van der Waals surface area (Å²) in [6, 6.07) is 23.2. The predicted molar refractivity (Wildman–Crippen MR) is 128 cm³/mol. The molecular formula is C27H28N2O4. The number of ether oxygens (including phenoxy) is 3. The van der Waals surface area contributed by atoms with Crippen molar-refractivity contribution in [2.45, 2.75) is 32.6 Å². The first-order chi connectivity index (χ1) is 16.2. The fourth-order valence-corrected chi connectivity index (χ4v) is 3.14. The number of rotatable bonds is 12. The second kappa shape index (κ2) is 12.8. The van der Waals surface area contributed by atoms with Gasteiger partial charge in [0.25, 0.3) is 5.91 Å². The molecule has 33 heavy (non-hydrogen) atoms. The molecule has 0 atom stereocenters. The number of unbranched alkanes of at least 4 members (excludes halogenated alkanes) is 3. The van der Waals surface area contributed by atoms with Gasteiger partial charge in [0.15, 0.2) is 12.4 Å². The standard InChI is InChI=1S/C27H28N2O4/c1-2-3-4-7-18-31-22-15-13-21(14-16-22)27(30)29-25-11-5-6-12-26(25)33-24-10-8-9-23(20-24)32-19-17-28/h5-6,8-16,20H,2-4,7,18-19H2,1H3,(H,29,30). The van der Waals surface area contributed by atoms with E-state index in [-0.39, 0.29) is 12.5 Å². The molecule has 3 aromatic carbocycles. The van der Waals surface area contributed by atoms with Gasteiger partial charge in [-0.2, -0.15) is 5.26 Å². The van der Waals surface area contributed by atoms with Crippen LogP contribution in [0.15, 0.2) is 72.8 Å². The fraction of sp³-hybridized carbons (Fsp3) is 0.259. The number of carbonyl (C=O) groups excluding carboxylic acids is 1. The lowest BCUT2D eigenvalue weighted by atomic mass is 10.2. The average Bonchev–Trinajstić information content (AvgIpc) is 2.84. The van der Waals surface area contributed by atoms with Crippen molar-refractivity contribution in [3.63, 3.8) is 0 Å². The molecule has 1 N–H and O–H groups in total. The number of anilines is 1. The molecule has 6 heteroatoms. The lowest BCUT2D eigenvalue weighted by Gasteiger charge is -2.13. The van der Waals surface area contributed by atoms with E-state index in [1.54, 1.807) is 48.5 Å². The van der Waals surface area contributed by atoms with Gasteiger partial charge in [0, 0.05) is 11.6 Å². The maximum atomic E-state index is 12.8. The van der Waals surface area contributed by atoms with Gasteiger partial charge >= 0.3 is 0 Å². The summed E-state index contributed by atoms with van der Waals surface area (Å²) in [4.78, 5) is 12.8. The second-order valence-corrected chi connectivity index (χ2v) is 7.41. The van der Waals surface area contributed by atoms with Crippen LogP contribution in [0, 0.1) is 11.3 Å². The molecule has 0 radical (unpaired) electrons. The van der Waals surface area contributed by atoms with E-state index in [0.29, 0.717) is 35.1 Å². The Kier molecular flexibility index (Phi) is 9.16. The van der Waals surface area contributed by atoms with Crippen LogP contribution in [0.4, 0.5) is 5.69 Å². The van der Waals surface area contributed by atoms with Gasteiger partial charge in [-0.05, 0) is 55.0 Å². The third kappa shape index (κ3) is 7.58. The molecule has 170 valence electrons. The van der Waals surface area contributed by atoms with E-state index in [1.165, 1.54) is 12.8 Å². The first-order valence-corrected chi connectivity index (χ1v) is 11.1. The van der Waals surface area contributed by atoms with Gasteiger partial charge in [0.05, 0.1) is 12.3 Å². The first-order valence-electron chi connectivity index (χ1n) is 11.1. The molecule has 0 aliphatic carbocycles. The molecule has 1 amide bonds. The molecule has 0 fully saturated rings. The quantitative estimate of drug-likeness (QED) is 0.319. The van der Waals surface area contributed by atoms with Crippen LogP contribution in [0.3, 0.4) is 0 Å². The number of hydrogen-bond donors (Lipinski definition) is 1. The van der Waals surface area contributed by atoms with Crippen molar-refractivity contribution >= 4 is 11.6 Å². The number of hydrogen-bond acceptors (Lipinski definition) is 5. The van der Waals surface area contributed by atoms with Gasteiger partial charge < -0.3 is 19.5 Å². The van der Waals surface area contributed by atoms with Crippen molar-refractivity contribution in [2.24, 2.45) is 0 Å². The molecule has 0 aliphatic heterocycles. The highest BCUT2D eigenvalue weighted by Crippen LogP contribution is 2.31. The van der Waals surface area contributed by atoms with E-state index < -0.39 is 0 Å². The van der Waals surface area contributed by atoms with E-state index in [1.807, 2.05) is 30.3 Å². The summed E-state index contributed by atoms with van der Waals surface area (Å²) < 4.78 is 17.0. The maximum absolute atomic E-state index is 12.8. The zero-order chi connectivity index (χ0) is 23.3. The summed E-state index contributed by atoms with van der Waals surface area (Å²) >= 11 is 0.